The summed E-state index contributed by atoms with van der Waals surface area (Å²) in [5.41, 5.74) is 0.266. The number of amides is 2. The molecule has 0 aromatic heterocycles. The molecule has 3 rings (SSSR count). The first-order valence-corrected chi connectivity index (χ1v) is 9.52. The fourth-order valence-corrected chi connectivity index (χ4v) is 2.90. The zero-order chi connectivity index (χ0) is 23.3. The molecular formula is C23H21N3O6. The number of methoxy groups -OCH3 is 1. The summed E-state index contributed by atoms with van der Waals surface area (Å²) in [6.07, 6.45) is 0. The largest absolute Gasteiger partial charge is 0.495 e. The molecule has 1 N–H and O–H groups in total. The predicted molar refractivity (Wildman–Crippen MR) is 119 cm³/mol. The molecule has 0 aliphatic heterocycles. The van der Waals surface area contributed by atoms with E-state index in [2.05, 4.69) is 5.32 Å². The van der Waals surface area contributed by atoms with Crippen LogP contribution in [0, 0.1) is 10.1 Å². The van der Waals surface area contributed by atoms with Crippen molar-refractivity contribution < 1.29 is 24.0 Å². The van der Waals surface area contributed by atoms with Gasteiger partial charge in [-0.3, -0.25) is 19.7 Å². The number of ether oxygens (including phenoxy) is 2. The number of nitrogens with one attached hydrogen (secondary N) is 1. The summed E-state index contributed by atoms with van der Waals surface area (Å²) in [4.78, 5) is 37.5. The molecule has 0 aliphatic carbocycles. The lowest BCUT2D eigenvalue weighted by Crippen LogP contribution is -2.22. The Morgan fingerprint density at radius 1 is 0.969 bits per heavy atom. The molecular weight excluding hydrogens is 414 g/mol. The zero-order valence-corrected chi connectivity index (χ0v) is 17.7. The van der Waals surface area contributed by atoms with E-state index in [1.54, 1.807) is 50.5 Å². The molecule has 9 heteroatoms. The van der Waals surface area contributed by atoms with Crippen LogP contribution in [-0.2, 0) is 0 Å². The molecule has 3 aromatic carbocycles. The van der Waals surface area contributed by atoms with Gasteiger partial charge in [-0.2, -0.15) is 0 Å². The third-order valence-corrected chi connectivity index (χ3v) is 4.49. The standard InChI is InChI=1S/C23H21N3O6/c1-25(2)23(28)15-9-11-21(31-3)19(13-15)24-22(27)18-14-16(26(29)30)10-12-20(18)32-17-7-5-4-6-8-17/h4-14H,1-3H3,(H,24,27). The number of para-hydroxylation sites is 1. The lowest BCUT2D eigenvalue weighted by Gasteiger charge is -2.15. The van der Waals surface area contributed by atoms with E-state index in [-0.39, 0.29) is 28.6 Å². The number of hydrogen-bond donors (Lipinski definition) is 1. The Labute approximate surface area is 184 Å². The van der Waals surface area contributed by atoms with Gasteiger partial charge in [0, 0.05) is 31.8 Å². The summed E-state index contributed by atoms with van der Waals surface area (Å²) in [6, 6.07) is 17.1. The molecule has 0 aliphatic rings. The van der Waals surface area contributed by atoms with Crippen LogP contribution in [0.15, 0.2) is 66.7 Å². The van der Waals surface area contributed by atoms with Crippen molar-refractivity contribution in [2.45, 2.75) is 0 Å². The molecule has 0 saturated heterocycles. The van der Waals surface area contributed by atoms with E-state index < -0.39 is 10.8 Å². The first kappa shape index (κ1) is 22.3. The van der Waals surface area contributed by atoms with Crippen molar-refractivity contribution in [2.24, 2.45) is 0 Å². The maximum absolute atomic E-state index is 13.1. The second-order valence-corrected chi connectivity index (χ2v) is 6.92. The van der Waals surface area contributed by atoms with Crippen LogP contribution in [0.25, 0.3) is 0 Å². The minimum absolute atomic E-state index is 0.0468. The van der Waals surface area contributed by atoms with Gasteiger partial charge in [0.05, 0.1) is 23.3 Å². The van der Waals surface area contributed by atoms with E-state index in [1.807, 2.05) is 6.07 Å². The van der Waals surface area contributed by atoms with Gasteiger partial charge in [-0.15, -0.1) is 0 Å². The van der Waals surface area contributed by atoms with Gasteiger partial charge < -0.3 is 19.7 Å². The first-order chi connectivity index (χ1) is 15.3. The number of nitro groups is 1. The summed E-state index contributed by atoms with van der Waals surface area (Å²) in [6.45, 7) is 0. The Morgan fingerprint density at radius 2 is 1.66 bits per heavy atom. The summed E-state index contributed by atoms with van der Waals surface area (Å²) >= 11 is 0. The van der Waals surface area contributed by atoms with Crippen molar-refractivity contribution in [2.75, 3.05) is 26.5 Å². The van der Waals surface area contributed by atoms with Crippen LogP contribution < -0.4 is 14.8 Å². The Morgan fingerprint density at radius 3 is 2.28 bits per heavy atom. The minimum atomic E-state index is -0.660. The van der Waals surface area contributed by atoms with Crippen molar-refractivity contribution >= 4 is 23.2 Å². The number of benzene rings is 3. The van der Waals surface area contributed by atoms with Crippen molar-refractivity contribution in [1.82, 2.24) is 4.90 Å². The number of hydrogen-bond acceptors (Lipinski definition) is 6. The second-order valence-electron chi connectivity index (χ2n) is 6.92. The van der Waals surface area contributed by atoms with Gasteiger partial charge in [-0.25, -0.2) is 0 Å². The van der Waals surface area contributed by atoms with E-state index >= 15 is 0 Å². The Bertz CT molecular complexity index is 1160. The van der Waals surface area contributed by atoms with Crippen molar-refractivity contribution in [3.63, 3.8) is 0 Å². The monoisotopic (exact) mass is 435 g/mol. The molecule has 32 heavy (non-hydrogen) atoms. The van der Waals surface area contributed by atoms with E-state index in [4.69, 9.17) is 9.47 Å². The molecule has 3 aromatic rings. The summed E-state index contributed by atoms with van der Waals surface area (Å²) in [7, 11) is 4.65. The quantitative estimate of drug-likeness (QED) is 0.436. The molecule has 9 nitrogen and oxygen atoms in total. The highest BCUT2D eigenvalue weighted by Crippen LogP contribution is 2.31. The van der Waals surface area contributed by atoms with Gasteiger partial charge in [-0.1, -0.05) is 18.2 Å². The Kier molecular flexibility index (Phi) is 6.69. The van der Waals surface area contributed by atoms with E-state index in [0.29, 0.717) is 17.1 Å². The molecule has 0 spiro atoms. The van der Waals surface area contributed by atoms with Crippen molar-refractivity contribution in [3.8, 4) is 17.2 Å². The average molecular weight is 435 g/mol. The van der Waals surface area contributed by atoms with Crippen molar-refractivity contribution in [1.29, 1.82) is 0 Å². The SMILES string of the molecule is COc1ccc(C(=O)N(C)C)cc1NC(=O)c1cc([N+](=O)[O-])ccc1Oc1ccccc1. The molecule has 0 unspecified atom stereocenters. The smallest absolute Gasteiger partial charge is 0.270 e. The van der Waals surface area contributed by atoms with Crippen LogP contribution in [0.1, 0.15) is 20.7 Å². The van der Waals surface area contributed by atoms with Crippen LogP contribution in [0.2, 0.25) is 0 Å². The summed E-state index contributed by atoms with van der Waals surface area (Å²) in [5.74, 6) is 0.00829. The van der Waals surface area contributed by atoms with Gasteiger partial charge in [-0.05, 0) is 36.4 Å². The van der Waals surface area contributed by atoms with Crippen LogP contribution in [-0.4, -0.2) is 42.8 Å². The average Bonchev–Trinajstić information content (AvgIpc) is 2.79. The lowest BCUT2D eigenvalue weighted by molar-refractivity contribution is -0.384. The van der Waals surface area contributed by atoms with Gasteiger partial charge >= 0.3 is 0 Å². The van der Waals surface area contributed by atoms with Gasteiger partial charge in [0.2, 0.25) is 0 Å². The highest BCUT2D eigenvalue weighted by atomic mass is 16.6. The molecule has 0 atom stereocenters. The second kappa shape index (κ2) is 9.61. The maximum atomic E-state index is 13.1. The maximum Gasteiger partial charge on any atom is 0.270 e. The van der Waals surface area contributed by atoms with Crippen LogP contribution in [0.4, 0.5) is 11.4 Å². The third kappa shape index (κ3) is 5.01. The van der Waals surface area contributed by atoms with Crippen LogP contribution in [0.5, 0.6) is 17.2 Å². The topological polar surface area (TPSA) is 111 Å². The molecule has 0 fully saturated rings. The fourth-order valence-electron chi connectivity index (χ4n) is 2.90. The normalized spacial score (nSPS) is 10.2. The molecule has 0 bridgehead atoms. The van der Waals surface area contributed by atoms with Crippen LogP contribution >= 0.6 is 0 Å². The van der Waals surface area contributed by atoms with Gasteiger partial charge in [0.1, 0.15) is 17.2 Å². The van der Waals surface area contributed by atoms with Crippen LogP contribution in [0.3, 0.4) is 0 Å². The fraction of sp³-hybridized carbons (Fsp3) is 0.130. The Hall–Kier alpha value is -4.40. The molecule has 0 radical (unpaired) electrons. The van der Waals surface area contributed by atoms with E-state index in [9.17, 15) is 19.7 Å². The summed E-state index contributed by atoms with van der Waals surface area (Å²) < 4.78 is 11.1. The highest BCUT2D eigenvalue weighted by molar-refractivity contribution is 6.08. The Balaban J connectivity index is 1.99. The third-order valence-electron chi connectivity index (χ3n) is 4.49. The molecule has 2 amide bonds. The number of carbonyl (C=O) groups excluding carboxylic acids is 2. The van der Waals surface area contributed by atoms with Crippen molar-refractivity contribution in [3.05, 3.63) is 88.0 Å². The molecule has 0 saturated carbocycles. The first-order valence-electron chi connectivity index (χ1n) is 9.52. The van der Waals surface area contributed by atoms with Gasteiger partial charge in [0.25, 0.3) is 17.5 Å². The number of nitrogens with zero attached hydrogens (tertiary/aromatic N) is 2. The number of nitro benzene ring substituents is 1. The number of carbonyl (C=O) groups is 2. The number of rotatable bonds is 7. The number of non-ortho nitro benzene ring substituents is 1. The minimum Gasteiger partial charge on any atom is -0.495 e. The van der Waals surface area contributed by atoms with E-state index in [1.165, 1.54) is 30.2 Å². The predicted octanol–water partition coefficient (Wildman–Crippen LogP) is 4.35. The summed E-state index contributed by atoms with van der Waals surface area (Å²) in [5, 5.41) is 13.9. The van der Waals surface area contributed by atoms with E-state index in [0.717, 1.165) is 6.07 Å². The lowest BCUT2D eigenvalue weighted by atomic mass is 10.1. The van der Waals surface area contributed by atoms with Gasteiger partial charge in [0.15, 0.2) is 0 Å². The highest BCUT2D eigenvalue weighted by Gasteiger charge is 2.21. The number of anilines is 1. The zero-order valence-electron chi connectivity index (χ0n) is 17.7. The molecule has 164 valence electrons. The molecule has 0 heterocycles.